The van der Waals surface area contributed by atoms with Crippen LogP contribution in [0.1, 0.15) is 248 Å². The number of piperidine rings is 4. The molecule has 0 bridgehead atoms. The minimum absolute atomic E-state index is 0.00697. The molecule has 16 nitrogen and oxygen atoms in total. The van der Waals surface area contributed by atoms with Crippen molar-refractivity contribution in [2.45, 2.75) is 316 Å². The molecule has 4 saturated heterocycles. The predicted molar refractivity (Wildman–Crippen MR) is 346 cm³/mol. The van der Waals surface area contributed by atoms with Crippen molar-refractivity contribution in [3.05, 3.63) is 0 Å². The molecular formula is C65H124N16. The number of likely N-dealkylation sites (tertiary alicyclic amines) is 4. The average Bonchev–Trinajstić information content (AvgIpc) is 3.35. The van der Waals surface area contributed by atoms with Crippen LogP contribution in [0, 0.1) is 11.8 Å². The second kappa shape index (κ2) is 26.1. The van der Waals surface area contributed by atoms with Crippen molar-refractivity contribution in [1.82, 2.24) is 49.5 Å². The summed E-state index contributed by atoms with van der Waals surface area (Å²) >= 11 is 0. The summed E-state index contributed by atoms with van der Waals surface area (Å²) in [6.07, 6.45) is 18.3. The molecule has 0 spiro atoms. The Balaban J connectivity index is 1.34. The zero-order chi connectivity index (χ0) is 60.3. The highest BCUT2D eigenvalue weighted by atomic mass is 15.4. The smallest absolute Gasteiger partial charge is 0.232 e. The summed E-state index contributed by atoms with van der Waals surface area (Å²) < 4.78 is 0. The van der Waals surface area contributed by atoms with Crippen LogP contribution in [0.15, 0.2) is 0 Å². The molecular weight excluding hydrogens is 1000 g/mol. The van der Waals surface area contributed by atoms with Gasteiger partial charge in [-0.3, -0.25) is 19.6 Å². The minimum atomic E-state index is -0.0162. The van der Waals surface area contributed by atoms with Crippen molar-refractivity contribution in [1.29, 1.82) is 0 Å². The van der Waals surface area contributed by atoms with Crippen molar-refractivity contribution in [3.8, 4) is 0 Å². The lowest BCUT2D eigenvalue weighted by molar-refractivity contribution is -0.0543. The van der Waals surface area contributed by atoms with Crippen LogP contribution >= 0.6 is 0 Å². The van der Waals surface area contributed by atoms with E-state index in [0.717, 1.165) is 108 Å². The molecule has 2 aromatic heterocycles. The van der Waals surface area contributed by atoms with Gasteiger partial charge >= 0.3 is 0 Å². The van der Waals surface area contributed by atoms with Gasteiger partial charge in [-0.2, -0.15) is 29.9 Å². The summed E-state index contributed by atoms with van der Waals surface area (Å²) in [4.78, 5) is 47.7. The van der Waals surface area contributed by atoms with Crippen LogP contribution in [-0.2, 0) is 0 Å². The maximum absolute atomic E-state index is 5.59. The first kappa shape index (κ1) is 66.8. The second-order valence-corrected chi connectivity index (χ2v) is 30.8. The first-order valence-corrected chi connectivity index (χ1v) is 32.6. The van der Waals surface area contributed by atoms with E-state index in [0.29, 0.717) is 48.7 Å². The number of unbranched alkanes of at least 4 members (excludes halogenated alkanes) is 4. The molecule has 6 heterocycles. The number of hydrogen-bond acceptors (Lipinski definition) is 16. The van der Waals surface area contributed by atoms with E-state index in [-0.39, 0.29) is 68.5 Å². The van der Waals surface area contributed by atoms with Gasteiger partial charge in [0.15, 0.2) is 0 Å². The maximum atomic E-state index is 5.59. The fraction of sp³-hybridized carbons (Fsp3) is 0.908. The maximum Gasteiger partial charge on any atom is 0.232 e. The average molecular weight is 1130 g/mol. The molecule has 4 aliphatic heterocycles. The molecule has 0 amide bonds. The first-order valence-electron chi connectivity index (χ1n) is 32.6. The van der Waals surface area contributed by atoms with E-state index in [1.807, 2.05) is 0 Å². The van der Waals surface area contributed by atoms with E-state index < -0.39 is 0 Å². The second-order valence-electron chi connectivity index (χ2n) is 30.8. The molecule has 0 radical (unpaired) electrons. The highest BCUT2D eigenvalue weighted by Gasteiger charge is 2.53. The molecule has 4 N–H and O–H groups in total. The summed E-state index contributed by atoms with van der Waals surface area (Å²) in [6.45, 7) is 51.0. The van der Waals surface area contributed by atoms with Gasteiger partial charge in [-0.15, -0.1) is 0 Å². The van der Waals surface area contributed by atoms with E-state index >= 15 is 0 Å². The molecule has 0 saturated carbocycles. The number of nitrogens with zero attached hydrogens (tertiary/aromatic N) is 12. The van der Waals surface area contributed by atoms with Crippen LogP contribution < -0.4 is 31.1 Å². The van der Waals surface area contributed by atoms with Gasteiger partial charge in [0.25, 0.3) is 0 Å². The minimum Gasteiger partial charge on any atom is -0.354 e. The Morgan fingerprint density at radius 2 is 0.728 bits per heavy atom. The fourth-order valence-corrected chi connectivity index (χ4v) is 15.7. The third kappa shape index (κ3) is 15.4. The number of anilines is 6. The van der Waals surface area contributed by atoms with Gasteiger partial charge < -0.3 is 31.1 Å². The lowest BCUT2D eigenvalue weighted by Crippen LogP contribution is -2.67. The molecule has 4 fully saturated rings. The molecule has 81 heavy (non-hydrogen) atoms. The van der Waals surface area contributed by atoms with Crippen molar-refractivity contribution in [2.24, 2.45) is 11.8 Å². The third-order valence-electron chi connectivity index (χ3n) is 21.7. The highest BCUT2D eigenvalue weighted by Crippen LogP contribution is 2.48. The molecule has 464 valence electrons. The van der Waals surface area contributed by atoms with Gasteiger partial charge in [0.05, 0.1) is 0 Å². The van der Waals surface area contributed by atoms with Crippen molar-refractivity contribution in [3.63, 3.8) is 0 Å². The zero-order valence-electron chi connectivity index (χ0n) is 56.7. The Morgan fingerprint density at radius 3 is 1.10 bits per heavy atom. The zero-order valence-corrected chi connectivity index (χ0v) is 56.7. The van der Waals surface area contributed by atoms with Crippen LogP contribution in [0.25, 0.3) is 0 Å². The van der Waals surface area contributed by atoms with Crippen LogP contribution in [0.2, 0.25) is 0 Å². The molecule has 0 aliphatic carbocycles. The van der Waals surface area contributed by atoms with Crippen LogP contribution in [0.5, 0.6) is 0 Å². The molecule has 6 rings (SSSR count). The van der Waals surface area contributed by atoms with Gasteiger partial charge in [-0.1, -0.05) is 66.2 Å². The Hall–Kier alpha value is -3.34. The topological polar surface area (TPSA) is 145 Å². The Bertz CT molecular complexity index is 2150. The van der Waals surface area contributed by atoms with Crippen LogP contribution in [0.3, 0.4) is 0 Å². The van der Waals surface area contributed by atoms with Gasteiger partial charge in [0.1, 0.15) is 0 Å². The van der Waals surface area contributed by atoms with E-state index in [4.69, 9.17) is 29.9 Å². The highest BCUT2D eigenvalue weighted by molar-refractivity contribution is 5.48. The van der Waals surface area contributed by atoms with Crippen LogP contribution in [0.4, 0.5) is 35.7 Å². The van der Waals surface area contributed by atoms with Crippen LogP contribution in [-0.4, -0.2) is 172 Å². The summed E-state index contributed by atoms with van der Waals surface area (Å²) in [6, 6.07) is 0.891. The molecule has 16 heteroatoms. The Labute approximate surface area is 496 Å². The monoisotopic (exact) mass is 1130 g/mol. The predicted octanol–water partition coefficient (Wildman–Crippen LogP) is 13.4. The van der Waals surface area contributed by atoms with Gasteiger partial charge in [0.2, 0.25) is 35.7 Å². The van der Waals surface area contributed by atoms with Gasteiger partial charge in [-0.05, 0) is 221 Å². The van der Waals surface area contributed by atoms with Crippen molar-refractivity contribution in [2.75, 3.05) is 85.4 Å². The lowest BCUT2D eigenvalue weighted by atomic mass is 9.68. The molecule has 0 aromatic carbocycles. The van der Waals surface area contributed by atoms with E-state index in [9.17, 15) is 0 Å². The molecule has 4 aliphatic rings. The molecule has 2 aromatic rings. The largest absolute Gasteiger partial charge is 0.354 e. The molecule has 4 atom stereocenters. The van der Waals surface area contributed by atoms with Gasteiger partial charge in [0, 0.05) is 94.7 Å². The summed E-state index contributed by atoms with van der Waals surface area (Å²) in [5.74, 6) is 4.97. The number of aromatic nitrogens is 6. The van der Waals surface area contributed by atoms with Gasteiger partial charge in [-0.25, -0.2) is 0 Å². The number of rotatable bonds is 26. The Kier molecular flexibility index (Phi) is 21.5. The number of nitrogens with one attached hydrogen (secondary N) is 4. The molecule has 4 unspecified atom stereocenters. The third-order valence-corrected chi connectivity index (χ3v) is 21.7. The summed E-state index contributed by atoms with van der Waals surface area (Å²) in [5, 5.41) is 15.5. The summed E-state index contributed by atoms with van der Waals surface area (Å²) in [5.41, 5.74) is -0.0973. The fourth-order valence-electron chi connectivity index (χ4n) is 15.7. The van der Waals surface area contributed by atoms with Crippen molar-refractivity contribution < 1.29 is 0 Å². The SMILES string of the molecule is CCCCC1C(Nc2nc(NCCCNc3nc(N(CCCC)CCCC)nc(N(C4CC(C)(C)N(C)C(C)(C)C4)C4CC(C)(C)N(C)C(C)(C)C4)n3)nc(NC3CC(C)(C)N(C)C(C)(C)C3CCCC)n2)CC(C)(C)N(C)C1(C)C. The van der Waals surface area contributed by atoms with E-state index in [1.54, 1.807) is 0 Å². The lowest BCUT2D eigenvalue weighted by Gasteiger charge is -2.60. The van der Waals surface area contributed by atoms with Crippen molar-refractivity contribution >= 4 is 35.7 Å². The normalized spacial score (nSPS) is 26.5. The standard InChI is InChI=1S/C65H124N16/c1-25-29-34-48-50(44-62(13,14)78(23)64(48,17)18)68-54-70-52(71-55(72-54)69-51-45-63(15,16)79(24)65(19,20)49(51)35-30-26-2)66-36-33-37-67-53-73-56(80(38-31-27-3)39-32-28-4)75-57(74-53)81(46-40-58(5,6)76(21)59(7,8)41-46)47-42-60(9,10)77(22)61(11,12)43-47/h46-51H,25-45H2,1-24H3,(H,67,73,74,75)(H3,66,68,69,70,71,72). The number of hydrogen-bond donors (Lipinski definition) is 4. The first-order chi connectivity index (χ1) is 37.6. The van der Waals surface area contributed by atoms with E-state index in [2.05, 4.69) is 217 Å². The Morgan fingerprint density at radius 1 is 0.395 bits per heavy atom. The summed E-state index contributed by atoms with van der Waals surface area (Å²) in [7, 11) is 9.26. The quantitative estimate of drug-likeness (QED) is 0.0663. The van der Waals surface area contributed by atoms with E-state index in [1.165, 1.54) is 25.7 Å².